The van der Waals surface area contributed by atoms with Crippen molar-refractivity contribution in [1.82, 2.24) is 0 Å². The molecule has 0 radical (unpaired) electrons. The van der Waals surface area contributed by atoms with Gasteiger partial charge in [-0.25, -0.2) is 0 Å². The fraction of sp³-hybridized carbons (Fsp3) is 0.143. The average Bonchev–Trinajstić information content (AvgIpc) is 2.03. The van der Waals surface area contributed by atoms with Gasteiger partial charge >= 0.3 is 59.2 Å². The summed E-state index contributed by atoms with van der Waals surface area (Å²) in [5.74, 6) is 0. The Hall–Kier alpha value is -1.12. The summed E-state index contributed by atoms with van der Waals surface area (Å²) >= 11 is 0. The second kappa shape index (κ2) is 3.83. The van der Waals surface area contributed by atoms with Crippen molar-refractivity contribution in [2.45, 2.75) is 6.61 Å². The third-order valence-electron chi connectivity index (χ3n) is 1.16. The van der Waals surface area contributed by atoms with Crippen LogP contribution >= 0.6 is 0 Å². The van der Waals surface area contributed by atoms with Crippen molar-refractivity contribution in [3.05, 3.63) is 35.9 Å². The molecule has 0 bridgehead atoms. The Bertz CT molecular complexity index is 198. The van der Waals surface area contributed by atoms with Gasteiger partial charge in [-0.2, -0.15) is 0 Å². The van der Waals surface area contributed by atoms with Crippen LogP contribution in [0, 0.1) is 0 Å². The van der Waals surface area contributed by atoms with E-state index >= 15 is 0 Å². The van der Waals surface area contributed by atoms with Crippen LogP contribution in [0.25, 0.3) is 0 Å². The first-order valence-corrected chi connectivity index (χ1v) is 3.02. The zero-order valence-corrected chi connectivity index (χ0v) is 5.49. The first-order valence-electron chi connectivity index (χ1n) is 3.02. The molecule has 50 valence electrons. The number of rotatable bonds is 3. The van der Waals surface area contributed by atoms with Crippen molar-refractivity contribution >= 4 is 7.35 Å². The van der Waals surface area contributed by atoms with Gasteiger partial charge in [-0.1, -0.05) is 0 Å². The molecule has 1 aromatic carbocycles. The predicted molar refractivity (Wildman–Crippen MR) is 37.7 cm³/mol. The van der Waals surface area contributed by atoms with Gasteiger partial charge in [0.05, 0.1) is 0 Å². The van der Waals surface area contributed by atoms with Crippen molar-refractivity contribution in [2.75, 3.05) is 0 Å². The minimum absolute atomic E-state index is 0.365. The van der Waals surface area contributed by atoms with Crippen LogP contribution in [0.3, 0.4) is 0 Å². The maximum absolute atomic E-state index is 9.76. The van der Waals surface area contributed by atoms with Crippen LogP contribution in [0.4, 0.5) is 0 Å². The third-order valence-corrected chi connectivity index (χ3v) is 1.16. The Morgan fingerprint density at radius 2 is 2.00 bits per heavy atom. The van der Waals surface area contributed by atoms with Gasteiger partial charge in [0.15, 0.2) is 0 Å². The van der Waals surface area contributed by atoms with Crippen molar-refractivity contribution in [2.24, 2.45) is 0 Å². The molecule has 0 heterocycles. The van der Waals surface area contributed by atoms with Crippen LogP contribution in [0.2, 0.25) is 0 Å². The van der Waals surface area contributed by atoms with E-state index in [2.05, 4.69) is 4.65 Å². The zero-order chi connectivity index (χ0) is 7.23. The molecule has 0 aliphatic heterocycles. The Morgan fingerprint density at radius 3 is 2.60 bits per heavy atom. The summed E-state index contributed by atoms with van der Waals surface area (Å²) in [6.07, 6.45) is 0. The Morgan fingerprint density at radius 1 is 1.30 bits per heavy atom. The second-order valence-corrected chi connectivity index (χ2v) is 1.89. The van der Waals surface area contributed by atoms with Crippen molar-refractivity contribution in [3.8, 4) is 0 Å². The summed E-state index contributed by atoms with van der Waals surface area (Å²) in [6.45, 7) is 0.365. The van der Waals surface area contributed by atoms with Gasteiger partial charge in [-0.3, -0.25) is 0 Å². The normalized spacial score (nSPS) is 8.40. The van der Waals surface area contributed by atoms with E-state index in [-0.39, 0.29) is 0 Å². The van der Waals surface area contributed by atoms with Gasteiger partial charge in [-0.15, -0.1) is 0 Å². The molecule has 10 heavy (non-hydrogen) atoms. The van der Waals surface area contributed by atoms with Crippen LogP contribution < -0.4 is 0 Å². The summed E-state index contributed by atoms with van der Waals surface area (Å²) < 4.78 is 14.3. The fourth-order valence-electron chi connectivity index (χ4n) is 0.704. The molecular weight excluding hydrogens is 127 g/mol. The zero-order valence-electron chi connectivity index (χ0n) is 5.49. The average molecular weight is 134 g/mol. The van der Waals surface area contributed by atoms with Crippen molar-refractivity contribution < 1.29 is 9.36 Å². The molecular formula is C7H7BO2. The van der Waals surface area contributed by atoms with Crippen LogP contribution in [-0.2, 0) is 16.0 Å². The minimum atomic E-state index is 0.365. The van der Waals surface area contributed by atoms with Gasteiger partial charge < -0.3 is 0 Å². The van der Waals surface area contributed by atoms with E-state index < -0.39 is 0 Å². The molecule has 0 N–H and O–H groups in total. The summed E-state index contributed by atoms with van der Waals surface area (Å²) in [5.41, 5.74) is 1.01. The topological polar surface area (TPSA) is 26.3 Å². The predicted octanol–water partition coefficient (Wildman–Crippen LogP) is 1.17. The van der Waals surface area contributed by atoms with Gasteiger partial charge in [-0.05, 0) is 0 Å². The molecule has 0 aliphatic rings. The van der Waals surface area contributed by atoms with Gasteiger partial charge in [0, 0.05) is 0 Å². The van der Waals surface area contributed by atoms with Gasteiger partial charge in [0.25, 0.3) is 0 Å². The summed E-state index contributed by atoms with van der Waals surface area (Å²) in [4.78, 5) is 0. The number of hydrogen-bond acceptors (Lipinski definition) is 2. The van der Waals surface area contributed by atoms with Crippen molar-refractivity contribution in [3.63, 3.8) is 0 Å². The maximum atomic E-state index is 9.76. The Kier molecular flexibility index (Phi) is 2.68. The Labute approximate surface area is 60.1 Å². The van der Waals surface area contributed by atoms with E-state index in [0.717, 1.165) is 5.56 Å². The standard InChI is InChI=1S/C7H7BO2/c9-8-10-6-7-4-2-1-3-5-7/h1-5H,6H2. The molecule has 0 fully saturated rings. The molecule has 0 spiro atoms. The van der Waals surface area contributed by atoms with E-state index in [0.29, 0.717) is 14.0 Å². The van der Waals surface area contributed by atoms with E-state index in [1.807, 2.05) is 30.3 Å². The van der Waals surface area contributed by atoms with Crippen LogP contribution in [0.5, 0.6) is 0 Å². The summed E-state index contributed by atoms with van der Waals surface area (Å²) in [7, 11) is 0.451. The molecule has 0 amide bonds. The Balaban J connectivity index is 2.50. The quantitative estimate of drug-likeness (QED) is 0.580. The van der Waals surface area contributed by atoms with Gasteiger partial charge in [0.1, 0.15) is 0 Å². The molecule has 0 unspecified atom stereocenters. The van der Waals surface area contributed by atoms with E-state index in [1.54, 1.807) is 0 Å². The number of benzene rings is 1. The summed E-state index contributed by atoms with van der Waals surface area (Å²) in [6, 6.07) is 9.55. The van der Waals surface area contributed by atoms with Crippen LogP contribution in [0.15, 0.2) is 30.3 Å². The third kappa shape index (κ3) is 2.01. The summed E-state index contributed by atoms with van der Waals surface area (Å²) in [5, 5.41) is 0. The molecule has 3 heteroatoms. The van der Waals surface area contributed by atoms with Crippen molar-refractivity contribution in [1.29, 1.82) is 0 Å². The number of hydrogen-bond donors (Lipinski definition) is 0. The molecule has 0 saturated heterocycles. The van der Waals surface area contributed by atoms with E-state index in [4.69, 9.17) is 0 Å². The molecule has 1 rings (SSSR count). The molecule has 0 saturated carbocycles. The SMILES string of the molecule is O=BOCc1ccccc1. The first kappa shape index (κ1) is 7.00. The van der Waals surface area contributed by atoms with E-state index in [9.17, 15) is 4.70 Å². The molecule has 1 aromatic rings. The van der Waals surface area contributed by atoms with E-state index in [1.165, 1.54) is 0 Å². The molecule has 0 atom stereocenters. The van der Waals surface area contributed by atoms with Crippen LogP contribution in [-0.4, -0.2) is 7.35 Å². The van der Waals surface area contributed by atoms with Gasteiger partial charge in [0.2, 0.25) is 0 Å². The fourth-order valence-corrected chi connectivity index (χ4v) is 0.704. The first-order chi connectivity index (χ1) is 4.93. The molecule has 0 aliphatic carbocycles. The molecule has 0 aromatic heterocycles. The van der Waals surface area contributed by atoms with Crippen LogP contribution in [0.1, 0.15) is 5.56 Å². The molecule has 2 nitrogen and oxygen atoms in total. The second-order valence-electron chi connectivity index (χ2n) is 1.89. The monoisotopic (exact) mass is 134 g/mol.